The highest BCUT2D eigenvalue weighted by Gasteiger charge is 2.33. The van der Waals surface area contributed by atoms with Crippen molar-refractivity contribution in [3.05, 3.63) is 101 Å². The Hall–Kier alpha value is -4.13. The van der Waals surface area contributed by atoms with E-state index in [9.17, 15) is 14.0 Å². The molecule has 0 radical (unpaired) electrons. The molecule has 33 heavy (non-hydrogen) atoms. The van der Waals surface area contributed by atoms with Gasteiger partial charge in [-0.25, -0.2) is 9.18 Å². The Morgan fingerprint density at radius 3 is 2.45 bits per heavy atom. The molecule has 168 valence electrons. The number of halogens is 1. The molecule has 1 fully saturated rings. The van der Waals surface area contributed by atoms with E-state index in [1.807, 2.05) is 37.3 Å². The van der Waals surface area contributed by atoms with Crippen molar-refractivity contribution in [2.45, 2.75) is 20.1 Å². The molecule has 3 aromatic rings. The number of nitrogens with zero attached hydrogens (tertiary/aromatic N) is 1. The first-order valence-corrected chi connectivity index (χ1v) is 10.6. The molecule has 0 aliphatic carbocycles. The zero-order chi connectivity index (χ0) is 23.2. The van der Waals surface area contributed by atoms with Crippen LogP contribution in [0.3, 0.4) is 0 Å². The molecule has 4 rings (SSSR count). The summed E-state index contributed by atoms with van der Waals surface area (Å²) in [7, 11) is 0. The Kier molecular flexibility index (Phi) is 6.69. The average molecular weight is 446 g/mol. The van der Waals surface area contributed by atoms with E-state index in [4.69, 9.17) is 9.47 Å². The van der Waals surface area contributed by atoms with Crippen LogP contribution in [-0.4, -0.2) is 23.4 Å². The van der Waals surface area contributed by atoms with Crippen LogP contribution in [-0.2, 0) is 17.9 Å². The lowest BCUT2D eigenvalue weighted by Gasteiger charge is -2.13. The minimum absolute atomic E-state index is 0.182. The van der Waals surface area contributed by atoms with Crippen molar-refractivity contribution in [2.75, 3.05) is 6.61 Å². The van der Waals surface area contributed by atoms with Crippen molar-refractivity contribution >= 4 is 18.0 Å². The Morgan fingerprint density at radius 1 is 0.909 bits per heavy atom. The van der Waals surface area contributed by atoms with Crippen molar-refractivity contribution in [3.63, 3.8) is 0 Å². The van der Waals surface area contributed by atoms with Gasteiger partial charge in [0.25, 0.3) is 5.91 Å². The molecule has 3 amide bonds. The summed E-state index contributed by atoms with van der Waals surface area (Å²) in [6.07, 6.45) is 1.60. The first kappa shape index (κ1) is 22.1. The molecule has 1 aliphatic heterocycles. The quantitative estimate of drug-likeness (QED) is 0.395. The van der Waals surface area contributed by atoms with Crippen LogP contribution >= 0.6 is 0 Å². The maximum atomic E-state index is 13.4. The maximum Gasteiger partial charge on any atom is 0.329 e. The smallest absolute Gasteiger partial charge is 0.329 e. The molecule has 1 heterocycles. The molecular weight excluding hydrogens is 423 g/mol. The minimum atomic E-state index is -0.463. The van der Waals surface area contributed by atoms with Crippen LogP contribution in [0, 0.1) is 5.82 Å². The molecule has 3 aromatic carbocycles. The molecular formula is C26H23FN2O4. The number of carbonyl (C=O) groups is 2. The molecule has 0 atom stereocenters. The zero-order valence-corrected chi connectivity index (χ0v) is 18.1. The summed E-state index contributed by atoms with van der Waals surface area (Å²) in [5, 5.41) is 2.63. The lowest BCUT2D eigenvalue weighted by molar-refractivity contribution is -0.123. The summed E-state index contributed by atoms with van der Waals surface area (Å²) >= 11 is 0. The van der Waals surface area contributed by atoms with Gasteiger partial charge in [0.2, 0.25) is 0 Å². The van der Waals surface area contributed by atoms with Gasteiger partial charge < -0.3 is 14.8 Å². The third kappa shape index (κ3) is 5.38. The lowest BCUT2D eigenvalue weighted by Crippen LogP contribution is -2.30. The van der Waals surface area contributed by atoms with E-state index >= 15 is 0 Å². The fourth-order valence-electron chi connectivity index (χ4n) is 3.44. The first-order chi connectivity index (χ1) is 16.0. The summed E-state index contributed by atoms with van der Waals surface area (Å²) in [4.78, 5) is 26.3. The van der Waals surface area contributed by atoms with Crippen molar-refractivity contribution in [3.8, 4) is 11.5 Å². The number of amides is 3. The van der Waals surface area contributed by atoms with Crippen LogP contribution in [0.1, 0.15) is 23.6 Å². The van der Waals surface area contributed by atoms with Crippen molar-refractivity contribution in [2.24, 2.45) is 0 Å². The summed E-state index contributed by atoms with van der Waals surface area (Å²) in [5.41, 5.74) is 2.41. The van der Waals surface area contributed by atoms with Gasteiger partial charge in [0.15, 0.2) is 11.5 Å². The van der Waals surface area contributed by atoms with Crippen LogP contribution in [0.5, 0.6) is 11.5 Å². The van der Waals surface area contributed by atoms with E-state index in [1.165, 1.54) is 17.0 Å². The average Bonchev–Trinajstić information content (AvgIpc) is 3.07. The summed E-state index contributed by atoms with van der Waals surface area (Å²) in [5.74, 6) is 0.262. The number of hydrogen-bond donors (Lipinski definition) is 1. The molecule has 0 bridgehead atoms. The van der Waals surface area contributed by atoms with Crippen molar-refractivity contribution < 1.29 is 23.5 Å². The van der Waals surface area contributed by atoms with Crippen LogP contribution in [0.15, 0.2) is 78.5 Å². The van der Waals surface area contributed by atoms with E-state index in [2.05, 4.69) is 5.32 Å². The SMILES string of the molecule is CCOc1cc(/C=C2/NC(=O)N(Cc3ccccc3)C2=O)ccc1OCc1cccc(F)c1. The highest BCUT2D eigenvalue weighted by molar-refractivity contribution is 6.13. The second-order valence-corrected chi connectivity index (χ2v) is 7.42. The Labute approximate surface area is 191 Å². The van der Waals surface area contributed by atoms with Crippen LogP contribution in [0.4, 0.5) is 9.18 Å². The van der Waals surface area contributed by atoms with Gasteiger partial charge in [0.1, 0.15) is 18.1 Å². The number of nitrogens with one attached hydrogen (secondary N) is 1. The summed E-state index contributed by atoms with van der Waals surface area (Å²) < 4.78 is 24.9. The van der Waals surface area contributed by atoms with Crippen molar-refractivity contribution in [1.29, 1.82) is 0 Å². The molecule has 0 unspecified atom stereocenters. The van der Waals surface area contributed by atoms with Gasteiger partial charge in [-0.1, -0.05) is 48.5 Å². The van der Waals surface area contributed by atoms with E-state index < -0.39 is 11.9 Å². The summed E-state index contributed by atoms with van der Waals surface area (Å²) in [6.45, 7) is 2.64. The van der Waals surface area contributed by atoms with Gasteiger partial charge in [0.05, 0.1) is 13.2 Å². The standard InChI is InChI=1S/C26H23FN2O4/c1-2-32-24-15-19(11-12-23(24)33-17-20-9-6-10-21(27)13-20)14-22-25(30)29(26(31)28-22)16-18-7-4-3-5-8-18/h3-15H,2,16-17H2,1H3,(H,28,31)/b22-14+. The van der Waals surface area contributed by atoms with Crippen LogP contribution < -0.4 is 14.8 Å². The number of urea groups is 1. The van der Waals surface area contributed by atoms with Gasteiger partial charge in [-0.2, -0.15) is 0 Å². The Morgan fingerprint density at radius 2 is 1.70 bits per heavy atom. The largest absolute Gasteiger partial charge is 0.490 e. The van der Waals surface area contributed by atoms with E-state index in [1.54, 1.807) is 36.4 Å². The number of rotatable bonds is 8. The van der Waals surface area contributed by atoms with E-state index in [-0.39, 0.29) is 24.7 Å². The topological polar surface area (TPSA) is 67.9 Å². The highest BCUT2D eigenvalue weighted by atomic mass is 19.1. The molecule has 1 saturated heterocycles. The molecule has 1 N–H and O–H groups in total. The maximum absolute atomic E-state index is 13.4. The van der Waals surface area contributed by atoms with Crippen molar-refractivity contribution in [1.82, 2.24) is 10.2 Å². The fourth-order valence-corrected chi connectivity index (χ4v) is 3.44. The molecule has 0 spiro atoms. The molecule has 0 aromatic heterocycles. The Bertz CT molecular complexity index is 1190. The minimum Gasteiger partial charge on any atom is -0.490 e. The van der Waals surface area contributed by atoms with Crippen LogP contribution in [0.25, 0.3) is 6.08 Å². The lowest BCUT2D eigenvalue weighted by atomic mass is 10.1. The highest BCUT2D eigenvalue weighted by Crippen LogP contribution is 2.30. The van der Waals surface area contributed by atoms with E-state index in [0.29, 0.717) is 29.2 Å². The Balaban J connectivity index is 1.50. The third-order valence-corrected chi connectivity index (χ3v) is 5.01. The van der Waals surface area contributed by atoms with E-state index in [0.717, 1.165) is 5.56 Å². The molecule has 7 heteroatoms. The molecule has 1 aliphatic rings. The second kappa shape index (κ2) is 9.99. The van der Waals surface area contributed by atoms with Gasteiger partial charge >= 0.3 is 6.03 Å². The second-order valence-electron chi connectivity index (χ2n) is 7.42. The third-order valence-electron chi connectivity index (χ3n) is 5.01. The summed E-state index contributed by atoms with van der Waals surface area (Å²) in [6, 6.07) is 20.3. The predicted molar refractivity (Wildman–Crippen MR) is 122 cm³/mol. The van der Waals surface area contributed by atoms with Gasteiger partial charge in [0, 0.05) is 0 Å². The first-order valence-electron chi connectivity index (χ1n) is 10.6. The van der Waals surface area contributed by atoms with Gasteiger partial charge in [-0.15, -0.1) is 0 Å². The molecule has 6 nitrogen and oxygen atoms in total. The van der Waals surface area contributed by atoms with Gasteiger partial charge in [-0.05, 0) is 54.0 Å². The van der Waals surface area contributed by atoms with Crippen LogP contribution in [0.2, 0.25) is 0 Å². The number of carbonyl (C=O) groups excluding carboxylic acids is 2. The number of ether oxygens (including phenoxy) is 2. The predicted octanol–water partition coefficient (Wildman–Crippen LogP) is 4.90. The normalized spacial score (nSPS) is 14.5. The monoisotopic (exact) mass is 446 g/mol. The number of benzene rings is 3. The number of hydrogen-bond acceptors (Lipinski definition) is 4. The number of imide groups is 1. The fraction of sp³-hybridized carbons (Fsp3) is 0.154. The zero-order valence-electron chi connectivity index (χ0n) is 18.1. The van der Waals surface area contributed by atoms with Gasteiger partial charge in [-0.3, -0.25) is 9.69 Å². The molecule has 0 saturated carbocycles.